The molecule has 0 fully saturated rings. The van der Waals surface area contributed by atoms with Gasteiger partial charge in [-0.3, -0.25) is 0 Å². The number of rotatable bonds is 3. The summed E-state index contributed by atoms with van der Waals surface area (Å²) >= 11 is 0. The van der Waals surface area contributed by atoms with Gasteiger partial charge in [0.15, 0.2) is 0 Å². The van der Waals surface area contributed by atoms with Crippen molar-refractivity contribution in [2.24, 2.45) is 0 Å². The molecule has 1 nitrogen and oxygen atoms in total. The van der Waals surface area contributed by atoms with Gasteiger partial charge in [-0.25, -0.2) is 0 Å². The second-order valence-corrected chi connectivity index (χ2v) is 1.46. The lowest BCUT2D eigenvalue weighted by molar-refractivity contribution is 0.711. The van der Waals surface area contributed by atoms with E-state index < -0.39 is 0 Å². The first-order chi connectivity index (χ1) is 3.91. The Labute approximate surface area is 53.5 Å². The minimum absolute atomic E-state index is 1.16. The highest BCUT2D eigenvalue weighted by Crippen LogP contribution is 1.79. The van der Waals surface area contributed by atoms with E-state index in [9.17, 15) is 0 Å². The summed E-state index contributed by atoms with van der Waals surface area (Å²) in [6.45, 7) is 7.36. The van der Waals surface area contributed by atoms with Gasteiger partial charge in [-0.2, -0.15) is 0 Å². The number of hydrogen-bond acceptors (Lipinski definition) is 1. The molecule has 0 spiro atoms. The SMILES string of the molecule is CC.CCCCNC. The first kappa shape index (κ1) is 10.9. The van der Waals surface area contributed by atoms with E-state index in [0.29, 0.717) is 0 Å². The number of unbranched alkanes of at least 4 members (excludes halogenated alkanes) is 1. The zero-order valence-electron chi connectivity index (χ0n) is 6.62. The van der Waals surface area contributed by atoms with Crippen molar-refractivity contribution in [2.45, 2.75) is 33.6 Å². The molecule has 0 bridgehead atoms. The molecule has 0 aromatic rings. The molecule has 8 heavy (non-hydrogen) atoms. The fraction of sp³-hybridized carbons (Fsp3) is 1.00. The van der Waals surface area contributed by atoms with E-state index in [1.165, 1.54) is 12.8 Å². The Kier molecular flexibility index (Phi) is 21.4. The predicted molar refractivity (Wildman–Crippen MR) is 40.2 cm³/mol. The van der Waals surface area contributed by atoms with E-state index in [4.69, 9.17) is 0 Å². The maximum atomic E-state index is 3.07. The number of hydrogen-bond donors (Lipinski definition) is 1. The maximum absolute atomic E-state index is 3.07. The maximum Gasteiger partial charge on any atom is -0.00520 e. The molecule has 52 valence electrons. The average Bonchev–Trinajstić information content (AvgIpc) is 1.88. The Morgan fingerprint density at radius 3 is 1.88 bits per heavy atom. The monoisotopic (exact) mass is 117 g/mol. The molecular weight excluding hydrogens is 98.1 g/mol. The van der Waals surface area contributed by atoms with Gasteiger partial charge in [0, 0.05) is 0 Å². The topological polar surface area (TPSA) is 12.0 Å². The van der Waals surface area contributed by atoms with Crippen LogP contribution in [-0.2, 0) is 0 Å². The molecule has 0 heterocycles. The van der Waals surface area contributed by atoms with Gasteiger partial charge < -0.3 is 5.32 Å². The van der Waals surface area contributed by atoms with E-state index in [0.717, 1.165) is 6.54 Å². The van der Waals surface area contributed by atoms with Crippen LogP contribution >= 0.6 is 0 Å². The van der Waals surface area contributed by atoms with Crippen molar-refractivity contribution in [2.75, 3.05) is 13.6 Å². The van der Waals surface area contributed by atoms with E-state index >= 15 is 0 Å². The molecule has 1 heteroatoms. The van der Waals surface area contributed by atoms with Gasteiger partial charge in [-0.05, 0) is 20.0 Å². The molecule has 0 aliphatic carbocycles. The lowest BCUT2D eigenvalue weighted by Crippen LogP contribution is -2.06. The second kappa shape index (κ2) is 15.8. The van der Waals surface area contributed by atoms with Crippen LogP contribution in [-0.4, -0.2) is 13.6 Å². The fourth-order valence-corrected chi connectivity index (χ4v) is 0.354. The van der Waals surface area contributed by atoms with Gasteiger partial charge in [-0.1, -0.05) is 27.2 Å². The average molecular weight is 117 g/mol. The third-order valence-electron chi connectivity index (χ3n) is 0.780. The lowest BCUT2D eigenvalue weighted by atomic mass is 10.3. The van der Waals surface area contributed by atoms with Gasteiger partial charge in [0.25, 0.3) is 0 Å². The van der Waals surface area contributed by atoms with Gasteiger partial charge in [0.05, 0.1) is 0 Å². The van der Waals surface area contributed by atoms with Crippen molar-refractivity contribution < 1.29 is 0 Å². The highest BCUT2D eigenvalue weighted by molar-refractivity contribution is 4.34. The quantitative estimate of drug-likeness (QED) is 0.558. The summed E-state index contributed by atoms with van der Waals surface area (Å²) in [5.74, 6) is 0. The largest absolute Gasteiger partial charge is 0.320 e. The Morgan fingerprint density at radius 1 is 1.25 bits per heavy atom. The lowest BCUT2D eigenvalue weighted by Gasteiger charge is -1.89. The minimum Gasteiger partial charge on any atom is -0.320 e. The van der Waals surface area contributed by atoms with E-state index in [1.54, 1.807) is 0 Å². The van der Waals surface area contributed by atoms with Gasteiger partial charge in [0.2, 0.25) is 0 Å². The van der Waals surface area contributed by atoms with Gasteiger partial charge >= 0.3 is 0 Å². The van der Waals surface area contributed by atoms with Crippen LogP contribution in [0.25, 0.3) is 0 Å². The third kappa shape index (κ3) is 16.7. The molecule has 0 rings (SSSR count). The highest BCUT2D eigenvalue weighted by atomic mass is 14.8. The molecule has 0 amide bonds. The van der Waals surface area contributed by atoms with Crippen LogP contribution in [0, 0.1) is 0 Å². The van der Waals surface area contributed by atoms with Crippen molar-refractivity contribution in [1.29, 1.82) is 0 Å². The molecule has 1 N–H and O–H groups in total. The Bertz CT molecular complexity index is 16.3. The Balaban J connectivity index is 0. The summed E-state index contributed by atoms with van der Waals surface area (Å²) in [5, 5.41) is 3.07. The minimum atomic E-state index is 1.16. The zero-order valence-corrected chi connectivity index (χ0v) is 6.62. The normalized spacial score (nSPS) is 7.50. The van der Waals surface area contributed by atoms with Crippen molar-refractivity contribution in [3.63, 3.8) is 0 Å². The van der Waals surface area contributed by atoms with Crippen LogP contribution in [0.2, 0.25) is 0 Å². The van der Waals surface area contributed by atoms with Crippen molar-refractivity contribution in [3.05, 3.63) is 0 Å². The predicted octanol–water partition coefficient (Wildman–Crippen LogP) is 2.03. The smallest absolute Gasteiger partial charge is 0.00520 e. The molecule has 0 aliphatic heterocycles. The third-order valence-corrected chi connectivity index (χ3v) is 0.780. The summed E-state index contributed by atoms with van der Waals surface area (Å²) in [6, 6.07) is 0. The van der Waals surface area contributed by atoms with Crippen LogP contribution in [0.15, 0.2) is 0 Å². The summed E-state index contributed by atoms with van der Waals surface area (Å²) in [6.07, 6.45) is 2.59. The molecule has 0 saturated carbocycles. The molecule has 0 atom stereocenters. The molecule has 0 aromatic heterocycles. The van der Waals surface area contributed by atoms with E-state index in [-0.39, 0.29) is 0 Å². The van der Waals surface area contributed by atoms with Crippen LogP contribution < -0.4 is 5.32 Å². The second-order valence-electron chi connectivity index (χ2n) is 1.46. The summed E-state index contributed by atoms with van der Waals surface area (Å²) in [7, 11) is 1.98. The van der Waals surface area contributed by atoms with Crippen molar-refractivity contribution >= 4 is 0 Å². The zero-order chi connectivity index (χ0) is 6.83. The molecule has 0 aromatic carbocycles. The molecule has 0 saturated heterocycles. The van der Waals surface area contributed by atoms with Crippen LogP contribution in [0.3, 0.4) is 0 Å². The standard InChI is InChI=1S/C5H13N.C2H6/c1-3-4-5-6-2;1-2/h6H,3-5H2,1-2H3;1-2H3. The molecule has 0 radical (unpaired) electrons. The van der Waals surface area contributed by atoms with E-state index in [1.807, 2.05) is 20.9 Å². The van der Waals surface area contributed by atoms with Crippen LogP contribution in [0.1, 0.15) is 33.6 Å². The first-order valence-electron chi connectivity index (χ1n) is 3.56. The highest BCUT2D eigenvalue weighted by Gasteiger charge is 1.73. The first-order valence-corrected chi connectivity index (χ1v) is 3.56. The number of nitrogens with one attached hydrogen (secondary N) is 1. The fourth-order valence-electron chi connectivity index (χ4n) is 0.354. The van der Waals surface area contributed by atoms with Crippen molar-refractivity contribution in [3.8, 4) is 0 Å². The van der Waals surface area contributed by atoms with E-state index in [2.05, 4.69) is 12.2 Å². The summed E-state index contributed by atoms with van der Waals surface area (Å²) in [5.41, 5.74) is 0. The van der Waals surface area contributed by atoms with Gasteiger partial charge in [0.1, 0.15) is 0 Å². The van der Waals surface area contributed by atoms with Crippen molar-refractivity contribution in [1.82, 2.24) is 5.32 Å². The van der Waals surface area contributed by atoms with Crippen LogP contribution in [0.5, 0.6) is 0 Å². The molecular formula is C7H19N. The molecule has 0 unspecified atom stereocenters. The van der Waals surface area contributed by atoms with Gasteiger partial charge in [-0.15, -0.1) is 0 Å². The Hall–Kier alpha value is -0.0400. The summed E-state index contributed by atoms with van der Waals surface area (Å²) < 4.78 is 0. The van der Waals surface area contributed by atoms with Crippen LogP contribution in [0.4, 0.5) is 0 Å². The Morgan fingerprint density at radius 2 is 1.75 bits per heavy atom. The summed E-state index contributed by atoms with van der Waals surface area (Å²) in [4.78, 5) is 0. The molecule has 0 aliphatic rings.